The molecule has 1 aliphatic rings. The second-order valence-corrected chi connectivity index (χ2v) is 10.3. The average Bonchev–Trinajstić information content (AvgIpc) is 3.27. The maximum Gasteiger partial charge on any atom is 0.335 e. The van der Waals surface area contributed by atoms with Crippen LogP contribution >= 0.6 is 23.1 Å². The number of nitrogens with zero attached hydrogens (tertiary/aromatic N) is 3. The highest BCUT2D eigenvalue weighted by Crippen LogP contribution is 2.35. The first-order chi connectivity index (χ1) is 17.5. The minimum Gasteiger partial charge on any atom is -0.478 e. The van der Waals surface area contributed by atoms with Gasteiger partial charge in [-0.25, -0.2) is 15.2 Å². The van der Waals surface area contributed by atoms with Crippen LogP contribution in [-0.4, -0.2) is 38.5 Å². The largest absolute Gasteiger partial charge is 0.478 e. The van der Waals surface area contributed by atoms with Gasteiger partial charge in [0.05, 0.1) is 28.6 Å². The number of hydrogen-bond acceptors (Lipinski definition) is 7. The molecule has 0 saturated heterocycles. The van der Waals surface area contributed by atoms with Gasteiger partial charge in [0.2, 0.25) is 0 Å². The van der Waals surface area contributed by atoms with E-state index >= 15 is 0 Å². The van der Waals surface area contributed by atoms with Gasteiger partial charge in [-0.3, -0.25) is 14.2 Å². The van der Waals surface area contributed by atoms with Gasteiger partial charge in [-0.15, -0.1) is 11.3 Å². The monoisotopic (exact) mass is 518 g/mol. The Morgan fingerprint density at radius 2 is 1.86 bits per heavy atom. The molecule has 8 nitrogen and oxygen atoms in total. The molecule has 2 N–H and O–H groups in total. The molecule has 5 rings (SSSR count). The number of para-hydroxylation sites is 1. The van der Waals surface area contributed by atoms with Gasteiger partial charge in [0.15, 0.2) is 5.16 Å². The molecule has 10 heteroatoms. The number of amides is 1. The van der Waals surface area contributed by atoms with Crippen molar-refractivity contribution in [3.05, 3.63) is 86.5 Å². The molecular weight excluding hydrogens is 496 g/mol. The first kappa shape index (κ1) is 24.0. The summed E-state index contributed by atoms with van der Waals surface area (Å²) in [5.74, 6) is -1.34. The predicted molar refractivity (Wildman–Crippen MR) is 142 cm³/mol. The molecule has 1 amide bonds. The van der Waals surface area contributed by atoms with Crippen LogP contribution in [0.25, 0.3) is 15.9 Å². The summed E-state index contributed by atoms with van der Waals surface area (Å²) in [6.07, 6.45) is 5.51. The van der Waals surface area contributed by atoms with Crippen LogP contribution in [0.4, 0.5) is 0 Å². The lowest BCUT2D eigenvalue weighted by Gasteiger charge is -2.13. The summed E-state index contributed by atoms with van der Waals surface area (Å²) in [4.78, 5) is 43.9. The topological polar surface area (TPSA) is 114 Å². The Kier molecular flexibility index (Phi) is 6.97. The van der Waals surface area contributed by atoms with Gasteiger partial charge in [0.25, 0.3) is 11.5 Å². The van der Waals surface area contributed by atoms with Crippen LogP contribution in [0.2, 0.25) is 0 Å². The van der Waals surface area contributed by atoms with Crippen LogP contribution in [-0.2, 0) is 17.6 Å². The van der Waals surface area contributed by atoms with Crippen LogP contribution in [0.15, 0.2) is 69.6 Å². The highest BCUT2D eigenvalue weighted by atomic mass is 32.2. The number of hydrogen-bond donors (Lipinski definition) is 2. The van der Waals surface area contributed by atoms with E-state index in [1.54, 1.807) is 28.0 Å². The van der Waals surface area contributed by atoms with Crippen molar-refractivity contribution < 1.29 is 14.7 Å². The number of hydrazone groups is 1. The standard InChI is InChI=1S/C26H22N4O4S2/c31-21(29-27-14-16-10-12-17(13-11-16)25(33)34)15-35-26-28-23-22(19-8-4-5-9-20(19)36-23)24(32)30(26)18-6-2-1-3-7-18/h1-3,6-7,10-14H,4-5,8-9,15H2,(H,29,31)(H,33,34)/b27-14-. The Balaban J connectivity index is 1.37. The molecule has 0 aliphatic heterocycles. The highest BCUT2D eigenvalue weighted by molar-refractivity contribution is 7.99. The molecular formula is C26H22N4O4S2. The SMILES string of the molecule is O=C(CSc1nc2sc3c(c2c(=O)n1-c1ccccc1)CCCC3)N/N=C\c1ccc(C(=O)O)cc1. The maximum absolute atomic E-state index is 13.7. The van der Waals surface area contributed by atoms with Crippen molar-refractivity contribution in [3.8, 4) is 5.69 Å². The van der Waals surface area contributed by atoms with E-state index in [1.165, 1.54) is 35.0 Å². The summed E-state index contributed by atoms with van der Waals surface area (Å²) < 4.78 is 1.59. The van der Waals surface area contributed by atoms with E-state index < -0.39 is 5.97 Å². The second-order valence-electron chi connectivity index (χ2n) is 8.27. The van der Waals surface area contributed by atoms with E-state index in [0.717, 1.165) is 36.1 Å². The second kappa shape index (κ2) is 10.5. The van der Waals surface area contributed by atoms with Gasteiger partial charge in [-0.05, 0) is 61.1 Å². The molecule has 2 aromatic heterocycles. The van der Waals surface area contributed by atoms with Crippen molar-refractivity contribution in [2.45, 2.75) is 30.8 Å². The number of carbonyl (C=O) groups is 2. The number of carboxylic acids is 1. The zero-order valence-corrected chi connectivity index (χ0v) is 20.8. The third-order valence-corrected chi connectivity index (χ3v) is 7.99. The number of aryl methyl sites for hydroxylation is 2. The number of carbonyl (C=O) groups excluding carboxylic acids is 1. The number of thiophene rings is 1. The van der Waals surface area contributed by atoms with Crippen LogP contribution in [0, 0.1) is 0 Å². The third-order valence-electron chi connectivity index (χ3n) is 5.87. The molecule has 0 spiro atoms. The van der Waals surface area contributed by atoms with Gasteiger partial charge >= 0.3 is 5.97 Å². The summed E-state index contributed by atoms with van der Waals surface area (Å²) in [5, 5.41) is 14.1. The van der Waals surface area contributed by atoms with Gasteiger partial charge in [-0.2, -0.15) is 5.10 Å². The summed E-state index contributed by atoms with van der Waals surface area (Å²) in [6, 6.07) is 15.5. The molecule has 2 aromatic carbocycles. The quantitative estimate of drug-likeness (QED) is 0.164. The molecule has 0 bridgehead atoms. The Morgan fingerprint density at radius 3 is 2.61 bits per heavy atom. The highest BCUT2D eigenvalue weighted by Gasteiger charge is 2.23. The molecule has 4 aromatic rings. The average molecular weight is 519 g/mol. The summed E-state index contributed by atoms with van der Waals surface area (Å²) >= 11 is 2.77. The van der Waals surface area contributed by atoms with Crippen molar-refractivity contribution >= 4 is 51.4 Å². The molecule has 182 valence electrons. The van der Waals surface area contributed by atoms with Gasteiger partial charge in [-0.1, -0.05) is 42.1 Å². The molecule has 0 radical (unpaired) electrons. The van der Waals surface area contributed by atoms with Crippen LogP contribution in [0.5, 0.6) is 0 Å². The van der Waals surface area contributed by atoms with Crippen molar-refractivity contribution in [3.63, 3.8) is 0 Å². The van der Waals surface area contributed by atoms with Gasteiger partial charge < -0.3 is 5.11 Å². The fraction of sp³-hybridized carbons (Fsp3) is 0.192. The summed E-state index contributed by atoms with van der Waals surface area (Å²) in [5.41, 5.74) is 5.03. The zero-order valence-electron chi connectivity index (χ0n) is 19.1. The number of aromatic nitrogens is 2. The molecule has 36 heavy (non-hydrogen) atoms. The molecule has 0 unspecified atom stereocenters. The van der Waals surface area contributed by atoms with E-state index in [0.29, 0.717) is 21.8 Å². The van der Waals surface area contributed by atoms with Crippen LogP contribution in [0.3, 0.4) is 0 Å². The van der Waals surface area contributed by atoms with E-state index in [9.17, 15) is 14.4 Å². The minimum atomic E-state index is -1.01. The zero-order chi connectivity index (χ0) is 25.1. The fourth-order valence-electron chi connectivity index (χ4n) is 4.14. The fourth-order valence-corrected chi connectivity index (χ4v) is 6.25. The van der Waals surface area contributed by atoms with Gasteiger partial charge in [0.1, 0.15) is 4.83 Å². The molecule has 0 fully saturated rings. The lowest BCUT2D eigenvalue weighted by atomic mass is 9.97. The van der Waals surface area contributed by atoms with Crippen molar-refractivity contribution in [1.29, 1.82) is 0 Å². The Morgan fingerprint density at radius 1 is 1.11 bits per heavy atom. The number of thioether (sulfide) groups is 1. The normalized spacial score (nSPS) is 13.1. The maximum atomic E-state index is 13.7. The molecule has 2 heterocycles. The van der Waals surface area contributed by atoms with Crippen molar-refractivity contribution in [2.75, 3.05) is 5.75 Å². The number of fused-ring (bicyclic) bond motifs is 3. The Hall–Kier alpha value is -3.76. The number of aromatic carboxylic acids is 1. The Bertz CT molecular complexity index is 1530. The number of nitrogens with one attached hydrogen (secondary N) is 1. The molecule has 0 atom stereocenters. The number of benzene rings is 2. The van der Waals surface area contributed by atoms with E-state index in [4.69, 9.17) is 10.1 Å². The lowest BCUT2D eigenvalue weighted by Crippen LogP contribution is -2.24. The summed E-state index contributed by atoms with van der Waals surface area (Å²) in [6.45, 7) is 0. The molecule has 0 saturated carbocycles. The van der Waals surface area contributed by atoms with E-state index in [1.807, 2.05) is 30.3 Å². The van der Waals surface area contributed by atoms with Crippen molar-refractivity contribution in [2.24, 2.45) is 5.10 Å². The number of carboxylic acid groups (broad SMARTS) is 1. The van der Waals surface area contributed by atoms with E-state index in [2.05, 4.69) is 10.5 Å². The predicted octanol–water partition coefficient (Wildman–Crippen LogP) is 4.27. The first-order valence-corrected chi connectivity index (χ1v) is 13.2. The van der Waals surface area contributed by atoms with Crippen LogP contribution < -0.4 is 11.0 Å². The molecule has 1 aliphatic carbocycles. The summed E-state index contributed by atoms with van der Waals surface area (Å²) in [7, 11) is 0. The number of rotatable bonds is 7. The Labute approximate surface area is 214 Å². The minimum absolute atomic E-state index is 0.0190. The van der Waals surface area contributed by atoms with Gasteiger partial charge in [0, 0.05) is 4.88 Å². The van der Waals surface area contributed by atoms with E-state index in [-0.39, 0.29) is 22.8 Å². The van der Waals surface area contributed by atoms with Crippen LogP contribution in [0.1, 0.15) is 39.2 Å². The first-order valence-electron chi connectivity index (χ1n) is 11.4. The smallest absolute Gasteiger partial charge is 0.335 e. The third kappa shape index (κ3) is 4.95. The van der Waals surface area contributed by atoms with Crippen molar-refractivity contribution in [1.82, 2.24) is 15.0 Å². The lowest BCUT2D eigenvalue weighted by molar-refractivity contribution is -0.118.